The number of hydrogen-bond donors (Lipinski definition) is 1. The number of nitrogens with one attached hydrogen (secondary N) is 1. The van der Waals surface area contributed by atoms with Crippen LogP contribution < -0.4 is 10.1 Å². The molecule has 0 aromatic heterocycles. The van der Waals surface area contributed by atoms with Gasteiger partial charge in [0.2, 0.25) is 0 Å². The number of hydrogen-bond acceptors (Lipinski definition) is 2. The number of ether oxygens (including phenoxy) is 1. The molecule has 0 amide bonds. The maximum Gasteiger partial charge on any atom is 0.130 e. The Morgan fingerprint density at radius 3 is 2.74 bits per heavy atom. The topological polar surface area (TPSA) is 21.3 Å². The Hall–Kier alpha value is -1.51. The largest absolute Gasteiger partial charge is 0.488 e. The fourth-order valence-electron chi connectivity index (χ4n) is 2.54. The minimum absolute atomic E-state index is 0.230. The number of halogens is 1. The normalized spacial score (nSPS) is 17.1. The van der Waals surface area contributed by atoms with Crippen LogP contribution in [0.4, 0.5) is 0 Å². The first-order valence-electron chi connectivity index (χ1n) is 6.47. The van der Waals surface area contributed by atoms with Gasteiger partial charge < -0.3 is 10.1 Å². The van der Waals surface area contributed by atoms with Gasteiger partial charge in [0, 0.05) is 23.6 Å². The summed E-state index contributed by atoms with van der Waals surface area (Å²) in [6, 6.07) is 14.2. The van der Waals surface area contributed by atoms with Crippen molar-refractivity contribution >= 4 is 11.6 Å². The SMILES string of the molecule is CNC[C@@H]1Cc2cccc(-c3ccc(Cl)cc3)c2O1. The van der Waals surface area contributed by atoms with Gasteiger partial charge in [0.25, 0.3) is 0 Å². The van der Waals surface area contributed by atoms with E-state index in [0.717, 1.165) is 34.9 Å². The predicted octanol–water partition coefficient (Wildman–Crippen LogP) is 3.53. The molecular weight excluding hydrogens is 258 g/mol. The minimum Gasteiger partial charge on any atom is -0.488 e. The van der Waals surface area contributed by atoms with Crippen LogP contribution in [0.2, 0.25) is 5.02 Å². The third kappa shape index (κ3) is 2.46. The first-order valence-corrected chi connectivity index (χ1v) is 6.85. The Kier molecular flexibility index (Phi) is 3.45. The average molecular weight is 274 g/mol. The zero-order valence-corrected chi connectivity index (χ0v) is 11.6. The van der Waals surface area contributed by atoms with E-state index in [-0.39, 0.29) is 6.10 Å². The highest BCUT2D eigenvalue weighted by molar-refractivity contribution is 6.30. The molecule has 0 bridgehead atoms. The molecule has 1 heterocycles. The van der Waals surface area contributed by atoms with Crippen molar-refractivity contribution in [3.63, 3.8) is 0 Å². The van der Waals surface area contributed by atoms with E-state index in [1.54, 1.807) is 0 Å². The standard InChI is InChI=1S/C16H16ClNO/c1-18-10-14-9-12-3-2-4-15(16(12)19-14)11-5-7-13(17)8-6-11/h2-8,14,18H,9-10H2,1H3/t14-/m0/s1. The Labute approximate surface area is 118 Å². The lowest BCUT2D eigenvalue weighted by Gasteiger charge is -2.12. The maximum atomic E-state index is 6.07. The monoisotopic (exact) mass is 273 g/mol. The summed E-state index contributed by atoms with van der Waals surface area (Å²) in [5, 5.41) is 3.92. The highest BCUT2D eigenvalue weighted by Gasteiger charge is 2.24. The molecule has 0 unspecified atom stereocenters. The van der Waals surface area contributed by atoms with Gasteiger partial charge in [-0.15, -0.1) is 0 Å². The highest BCUT2D eigenvalue weighted by Crippen LogP contribution is 2.38. The number of benzene rings is 2. The molecule has 2 aromatic carbocycles. The van der Waals surface area contributed by atoms with Crippen molar-refractivity contribution in [1.29, 1.82) is 0 Å². The molecule has 0 aliphatic carbocycles. The number of fused-ring (bicyclic) bond motifs is 1. The van der Waals surface area contributed by atoms with E-state index in [9.17, 15) is 0 Å². The van der Waals surface area contributed by atoms with Crippen molar-refractivity contribution in [1.82, 2.24) is 5.32 Å². The van der Waals surface area contributed by atoms with E-state index in [1.807, 2.05) is 31.3 Å². The molecule has 3 rings (SSSR count). The van der Waals surface area contributed by atoms with Crippen molar-refractivity contribution in [3.8, 4) is 16.9 Å². The van der Waals surface area contributed by atoms with Crippen LogP contribution in [0.3, 0.4) is 0 Å². The number of likely N-dealkylation sites (N-methyl/N-ethyl adjacent to an activating group) is 1. The average Bonchev–Trinajstić information content (AvgIpc) is 2.82. The Balaban J connectivity index is 1.97. The highest BCUT2D eigenvalue weighted by atomic mass is 35.5. The smallest absolute Gasteiger partial charge is 0.130 e. The molecule has 2 nitrogen and oxygen atoms in total. The molecule has 19 heavy (non-hydrogen) atoms. The van der Waals surface area contributed by atoms with Crippen molar-refractivity contribution in [2.24, 2.45) is 0 Å². The van der Waals surface area contributed by atoms with E-state index in [0.29, 0.717) is 0 Å². The maximum absolute atomic E-state index is 6.07. The van der Waals surface area contributed by atoms with Crippen molar-refractivity contribution in [2.45, 2.75) is 12.5 Å². The van der Waals surface area contributed by atoms with Gasteiger partial charge in [-0.2, -0.15) is 0 Å². The van der Waals surface area contributed by atoms with Gasteiger partial charge in [0.05, 0.1) is 0 Å². The van der Waals surface area contributed by atoms with E-state index >= 15 is 0 Å². The summed E-state index contributed by atoms with van der Waals surface area (Å²) in [4.78, 5) is 0. The van der Waals surface area contributed by atoms with Crippen LogP contribution in [0.1, 0.15) is 5.56 Å². The van der Waals surface area contributed by atoms with Crippen LogP contribution in [0, 0.1) is 0 Å². The van der Waals surface area contributed by atoms with E-state index < -0.39 is 0 Å². The lowest BCUT2D eigenvalue weighted by atomic mass is 10.0. The lowest BCUT2D eigenvalue weighted by molar-refractivity contribution is 0.232. The summed E-state index contributed by atoms with van der Waals surface area (Å²) in [6.07, 6.45) is 1.20. The van der Waals surface area contributed by atoms with Crippen molar-refractivity contribution < 1.29 is 4.74 Å². The first kappa shape index (κ1) is 12.5. The van der Waals surface area contributed by atoms with Gasteiger partial charge in [-0.25, -0.2) is 0 Å². The Bertz CT molecular complexity index is 580. The molecule has 0 radical (unpaired) electrons. The van der Waals surface area contributed by atoms with Crippen LogP contribution >= 0.6 is 11.6 Å². The van der Waals surface area contributed by atoms with Gasteiger partial charge in [0.1, 0.15) is 11.9 Å². The predicted molar refractivity (Wildman–Crippen MR) is 78.9 cm³/mol. The second-order valence-corrected chi connectivity index (χ2v) is 5.24. The summed E-state index contributed by atoms with van der Waals surface area (Å²) >= 11 is 5.94. The van der Waals surface area contributed by atoms with E-state index in [1.165, 1.54) is 5.56 Å². The molecule has 2 aromatic rings. The molecule has 0 fully saturated rings. The zero-order valence-electron chi connectivity index (χ0n) is 10.8. The second kappa shape index (κ2) is 5.24. The van der Waals surface area contributed by atoms with Crippen LogP contribution in [-0.4, -0.2) is 19.7 Å². The molecule has 1 aliphatic heterocycles. The molecule has 0 saturated heterocycles. The van der Waals surface area contributed by atoms with E-state index in [4.69, 9.17) is 16.3 Å². The van der Waals surface area contributed by atoms with Crippen LogP contribution in [-0.2, 0) is 6.42 Å². The van der Waals surface area contributed by atoms with Gasteiger partial charge >= 0.3 is 0 Å². The fraction of sp³-hybridized carbons (Fsp3) is 0.250. The molecular formula is C16H16ClNO. The third-order valence-electron chi connectivity index (χ3n) is 3.42. The summed E-state index contributed by atoms with van der Waals surface area (Å²) < 4.78 is 6.07. The Morgan fingerprint density at radius 1 is 1.21 bits per heavy atom. The number of para-hydroxylation sites is 1. The van der Waals surface area contributed by atoms with Crippen molar-refractivity contribution in [2.75, 3.05) is 13.6 Å². The van der Waals surface area contributed by atoms with Crippen molar-refractivity contribution in [3.05, 3.63) is 53.1 Å². The first-order chi connectivity index (χ1) is 9.28. The third-order valence-corrected chi connectivity index (χ3v) is 3.67. The summed E-state index contributed by atoms with van der Waals surface area (Å²) in [5.41, 5.74) is 3.58. The fourth-order valence-corrected chi connectivity index (χ4v) is 2.66. The van der Waals surface area contributed by atoms with Gasteiger partial charge in [-0.05, 0) is 30.3 Å². The van der Waals surface area contributed by atoms with Crippen LogP contribution in [0.5, 0.6) is 5.75 Å². The minimum atomic E-state index is 0.230. The molecule has 1 atom stereocenters. The Morgan fingerprint density at radius 2 is 2.00 bits per heavy atom. The quantitative estimate of drug-likeness (QED) is 0.924. The van der Waals surface area contributed by atoms with Crippen LogP contribution in [0.15, 0.2) is 42.5 Å². The molecule has 0 spiro atoms. The van der Waals surface area contributed by atoms with Gasteiger partial charge in [-0.3, -0.25) is 0 Å². The van der Waals surface area contributed by atoms with E-state index in [2.05, 4.69) is 23.5 Å². The molecule has 3 heteroatoms. The lowest BCUT2D eigenvalue weighted by Crippen LogP contribution is -2.27. The molecule has 0 saturated carbocycles. The summed E-state index contributed by atoms with van der Waals surface area (Å²) in [5.74, 6) is 1.02. The second-order valence-electron chi connectivity index (χ2n) is 4.80. The molecule has 1 aliphatic rings. The zero-order chi connectivity index (χ0) is 13.2. The number of rotatable bonds is 3. The molecule has 98 valence electrons. The van der Waals surface area contributed by atoms with Crippen LogP contribution in [0.25, 0.3) is 11.1 Å². The van der Waals surface area contributed by atoms with Gasteiger partial charge in [-0.1, -0.05) is 41.9 Å². The summed E-state index contributed by atoms with van der Waals surface area (Å²) in [7, 11) is 1.95. The van der Waals surface area contributed by atoms with Gasteiger partial charge in [0.15, 0.2) is 0 Å². The molecule has 1 N–H and O–H groups in total. The summed E-state index contributed by atoms with van der Waals surface area (Å²) in [6.45, 7) is 0.870.